The van der Waals surface area contributed by atoms with Crippen molar-refractivity contribution < 1.29 is 9.53 Å². The van der Waals surface area contributed by atoms with Gasteiger partial charge >= 0.3 is 5.97 Å². The second-order valence-electron chi connectivity index (χ2n) is 3.49. The highest BCUT2D eigenvalue weighted by molar-refractivity contribution is 5.81. The normalized spacial score (nSPS) is 11.1. The Hall–Kier alpha value is -1.31. The highest BCUT2D eigenvalue weighted by Crippen LogP contribution is 2.02. The molecule has 2 heteroatoms. The first-order valence-electron chi connectivity index (χ1n) is 5.90. The predicted molar refractivity (Wildman–Crippen MR) is 68.2 cm³/mol. The predicted octanol–water partition coefficient (Wildman–Crippen LogP) is 3.80. The molecule has 0 atom stereocenters. The van der Waals surface area contributed by atoms with Gasteiger partial charge in [-0.25, -0.2) is 4.79 Å². The molecule has 0 radical (unpaired) electrons. The molecule has 0 aliphatic rings. The Balaban J connectivity index is 3.36. The lowest BCUT2D eigenvalue weighted by Crippen LogP contribution is -1.99. The molecule has 0 rings (SSSR count). The summed E-state index contributed by atoms with van der Waals surface area (Å²) in [6, 6.07) is 0. The first-order chi connectivity index (χ1) is 7.81. The van der Waals surface area contributed by atoms with Crippen LogP contribution >= 0.6 is 0 Å². The van der Waals surface area contributed by atoms with Crippen molar-refractivity contribution >= 4 is 5.97 Å². The summed E-state index contributed by atoms with van der Waals surface area (Å²) in [7, 11) is 0. The van der Waals surface area contributed by atoms with Gasteiger partial charge in [-0.15, -0.1) is 0 Å². The number of hydrogen-bond acceptors (Lipinski definition) is 2. The summed E-state index contributed by atoms with van der Waals surface area (Å²) in [6.07, 6.45) is 14.8. The molecule has 90 valence electrons. The fourth-order valence-electron chi connectivity index (χ4n) is 1.18. The van der Waals surface area contributed by atoms with Crippen molar-refractivity contribution in [3.05, 3.63) is 37.0 Å². The molecule has 16 heavy (non-hydrogen) atoms. The fraction of sp³-hybridized carbons (Fsp3) is 0.500. The van der Waals surface area contributed by atoms with E-state index in [0.717, 1.165) is 25.7 Å². The molecular weight excluding hydrogens is 200 g/mol. The first kappa shape index (κ1) is 14.7. The van der Waals surface area contributed by atoms with E-state index in [0.29, 0.717) is 0 Å². The van der Waals surface area contributed by atoms with Crippen molar-refractivity contribution in [3.63, 3.8) is 0 Å². The fourth-order valence-corrected chi connectivity index (χ4v) is 1.18. The Labute approximate surface area is 98.7 Å². The van der Waals surface area contributed by atoms with Gasteiger partial charge in [-0.05, 0) is 32.1 Å². The van der Waals surface area contributed by atoms with Crippen molar-refractivity contribution in [2.24, 2.45) is 0 Å². The largest absolute Gasteiger partial charge is 0.458 e. The maximum Gasteiger partial charge on any atom is 0.330 e. The molecule has 0 spiro atoms. The summed E-state index contributed by atoms with van der Waals surface area (Å²) in [5.74, 6) is -0.286. The Kier molecular flexibility index (Phi) is 10.8. The van der Waals surface area contributed by atoms with E-state index in [-0.39, 0.29) is 12.6 Å². The lowest BCUT2D eigenvalue weighted by atomic mass is 10.2. The van der Waals surface area contributed by atoms with E-state index in [4.69, 9.17) is 4.74 Å². The maximum atomic E-state index is 11.0. The smallest absolute Gasteiger partial charge is 0.330 e. The molecule has 0 aliphatic heterocycles. The Bertz CT molecular complexity index is 239. The number of hydrogen-bond donors (Lipinski definition) is 0. The van der Waals surface area contributed by atoms with Crippen LogP contribution in [0, 0.1) is 0 Å². The third kappa shape index (κ3) is 10.8. The van der Waals surface area contributed by atoms with Crippen molar-refractivity contribution in [1.82, 2.24) is 0 Å². The summed E-state index contributed by atoms with van der Waals surface area (Å²) in [6.45, 7) is 5.89. The molecular formula is C14H22O2. The van der Waals surface area contributed by atoms with Crippen LogP contribution in [0.1, 0.15) is 39.0 Å². The van der Waals surface area contributed by atoms with Crippen LogP contribution < -0.4 is 0 Å². The zero-order valence-electron chi connectivity index (χ0n) is 10.2. The summed E-state index contributed by atoms with van der Waals surface area (Å²) in [4.78, 5) is 11.0. The van der Waals surface area contributed by atoms with Crippen molar-refractivity contribution in [2.45, 2.75) is 39.0 Å². The Morgan fingerprint density at radius 2 is 1.88 bits per heavy atom. The molecule has 0 saturated carbocycles. The molecule has 0 aromatic carbocycles. The molecule has 0 heterocycles. The Morgan fingerprint density at radius 1 is 1.19 bits per heavy atom. The van der Waals surface area contributed by atoms with E-state index in [1.54, 1.807) is 6.08 Å². The molecule has 0 unspecified atom stereocenters. The molecule has 0 bridgehead atoms. The lowest BCUT2D eigenvalue weighted by molar-refractivity contribution is -0.136. The zero-order chi connectivity index (χ0) is 12.1. The van der Waals surface area contributed by atoms with Crippen LogP contribution in [-0.2, 0) is 9.53 Å². The van der Waals surface area contributed by atoms with Crippen molar-refractivity contribution in [3.8, 4) is 0 Å². The van der Waals surface area contributed by atoms with E-state index < -0.39 is 0 Å². The van der Waals surface area contributed by atoms with Gasteiger partial charge in [0.15, 0.2) is 0 Å². The van der Waals surface area contributed by atoms with Crippen LogP contribution in [0.25, 0.3) is 0 Å². The second-order valence-corrected chi connectivity index (χ2v) is 3.49. The van der Waals surface area contributed by atoms with Crippen LogP contribution in [-0.4, -0.2) is 12.6 Å². The molecule has 0 saturated heterocycles. The molecule has 0 amide bonds. The summed E-state index contributed by atoms with van der Waals surface area (Å²) >= 11 is 0. The van der Waals surface area contributed by atoms with E-state index >= 15 is 0 Å². The number of rotatable bonds is 9. The highest BCUT2D eigenvalue weighted by Gasteiger charge is 1.92. The molecule has 0 fully saturated rings. The summed E-state index contributed by atoms with van der Waals surface area (Å²) in [5, 5.41) is 0. The van der Waals surface area contributed by atoms with Gasteiger partial charge < -0.3 is 4.74 Å². The van der Waals surface area contributed by atoms with Gasteiger partial charge in [-0.1, -0.05) is 37.8 Å². The molecule has 0 N–H and O–H groups in total. The first-order valence-corrected chi connectivity index (χ1v) is 5.90. The Morgan fingerprint density at radius 3 is 2.50 bits per heavy atom. The molecule has 0 aliphatic carbocycles. The van der Waals surface area contributed by atoms with Gasteiger partial charge in [0.05, 0.1) is 0 Å². The second kappa shape index (κ2) is 11.8. The topological polar surface area (TPSA) is 26.3 Å². The van der Waals surface area contributed by atoms with Crippen molar-refractivity contribution in [2.75, 3.05) is 6.61 Å². The quantitative estimate of drug-likeness (QED) is 0.257. The average molecular weight is 222 g/mol. The monoisotopic (exact) mass is 222 g/mol. The lowest BCUT2D eigenvalue weighted by Gasteiger charge is -1.95. The maximum absolute atomic E-state index is 11.0. The summed E-state index contributed by atoms with van der Waals surface area (Å²) < 4.78 is 4.80. The molecule has 0 aromatic heterocycles. The van der Waals surface area contributed by atoms with E-state index in [2.05, 4.69) is 25.7 Å². The SMILES string of the molecule is C=CCOC(=O)/C=C/CCCC/C=C/CC. The third-order valence-corrected chi connectivity index (χ3v) is 1.99. The number of esters is 1. The molecule has 0 aromatic rings. The van der Waals surface area contributed by atoms with Crippen LogP contribution in [0.3, 0.4) is 0 Å². The minimum Gasteiger partial charge on any atom is -0.458 e. The van der Waals surface area contributed by atoms with E-state index in [1.165, 1.54) is 12.5 Å². The summed E-state index contributed by atoms with van der Waals surface area (Å²) in [5.41, 5.74) is 0. The van der Waals surface area contributed by atoms with Gasteiger partial charge in [0.25, 0.3) is 0 Å². The van der Waals surface area contributed by atoms with E-state index in [9.17, 15) is 4.79 Å². The number of ether oxygens (including phenoxy) is 1. The zero-order valence-corrected chi connectivity index (χ0v) is 10.2. The van der Waals surface area contributed by atoms with Gasteiger partial charge in [-0.2, -0.15) is 0 Å². The minimum atomic E-state index is -0.286. The third-order valence-electron chi connectivity index (χ3n) is 1.99. The molecule has 2 nitrogen and oxygen atoms in total. The van der Waals surface area contributed by atoms with Crippen LogP contribution in [0.4, 0.5) is 0 Å². The van der Waals surface area contributed by atoms with Crippen LogP contribution in [0.15, 0.2) is 37.0 Å². The highest BCUT2D eigenvalue weighted by atomic mass is 16.5. The van der Waals surface area contributed by atoms with Crippen LogP contribution in [0.2, 0.25) is 0 Å². The number of carbonyl (C=O) groups is 1. The van der Waals surface area contributed by atoms with Gasteiger partial charge in [0.1, 0.15) is 6.61 Å². The minimum absolute atomic E-state index is 0.283. The average Bonchev–Trinajstić information content (AvgIpc) is 2.30. The van der Waals surface area contributed by atoms with Crippen LogP contribution in [0.5, 0.6) is 0 Å². The van der Waals surface area contributed by atoms with Gasteiger partial charge in [-0.3, -0.25) is 0 Å². The number of unbranched alkanes of at least 4 members (excludes halogenated alkanes) is 3. The van der Waals surface area contributed by atoms with Gasteiger partial charge in [0.2, 0.25) is 0 Å². The number of allylic oxidation sites excluding steroid dienone is 3. The van der Waals surface area contributed by atoms with E-state index in [1.807, 2.05) is 6.08 Å². The van der Waals surface area contributed by atoms with Gasteiger partial charge in [0, 0.05) is 6.08 Å². The number of carbonyl (C=O) groups excluding carboxylic acids is 1. The standard InChI is InChI=1S/C14H22O2/c1-3-5-6-7-8-9-10-11-12-14(15)16-13-4-2/h4-6,11-12H,2-3,7-10,13H2,1H3/b6-5+,12-11+. The van der Waals surface area contributed by atoms with Crippen molar-refractivity contribution in [1.29, 1.82) is 0 Å².